The van der Waals surface area contributed by atoms with Crippen molar-refractivity contribution in [3.63, 3.8) is 0 Å². The van der Waals surface area contributed by atoms with E-state index >= 15 is 0 Å². The number of rotatable bonds is 6. The number of ketones is 1. The van der Waals surface area contributed by atoms with Crippen LogP contribution in [-0.4, -0.2) is 19.1 Å². The molecule has 0 aliphatic heterocycles. The molecule has 0 N–H and O–H groups in total. The van der Waals surface area contributed by atoms with Crippen LogP contribution < -0.4 is 0 Å². The van der Waals surface area contributed by atoms with E-state index in [1.807, 2.05) is 30.3 Å². The first-order chi connectivity index (χ1) is 7.62. The molecule has 0 aromatic heterocycles. The molecule has 16 heavy (non-hydrogen) atoms. The molecule has 0 saturated heterocycles. The zero-order valence-electron chi connectivity index (χ0n) is 9.38. The molecule has 1 rings (SSSR count). The highest BCUT2D eigenvalue weighted by Crippen LogP contribution is 2.22. The lowest BCUT2D eigenvalue weighted by Gasteiger charge is -2.20. The second-order valence-corrected chi connectivity index (χ2v) is 4.24. The summed E-state index contributed by atoms with van der Waals surface area (Å²) in [7, 11) is 0. The van der Waals surface area contributed by atoms with E-state index in [0.717, 1.165) is 5.56 Å². The number of carbonyl (C=O) groups is 1. The maximum Gasteiger partial charge on any atom is 0.144 e. The number of aryl methyl sites for hydroxylation is 1. The van der Waals surface area contributed by atoms with Gasteiger partial charge in [-0.15, -0.1) is 0 Å². The molecule has 1 aromatic rings. The van der Waals surface area contributed by atoms with Gasteiger partial charge >= 0.3 is 0 Å². The van der Waals surface area contributed by atoms with Crippen molar-refractivity contribution < 1.29 is 13.6 Å². The number of hydrogen-bond donors (Lipinski definition) is 0. The molecule has 0 aliphatic carbocycles. The predicted octanol–water partition coefficient (Wildman–Crippen LogP) is 3.13. The fourth-order valence-corrected chi connectivity index (χ4v) is 1.39. The van der Waals surface area contributed by atoms with Crippen LogP contribution in [0.25, 0.3) is 0 Å². The molecule has 0 atom stereocenters. The van der Waals surface area contributed by atoms with E-state index in [4.69, 9.17) is 0 Å². The molecule has 0 saturated carbocycles. The average molecular weight is 226 g/mol. The smallest absolute Gasteiger partial charge is 0.144 e. The maximum absolute atomic E-state index is 12.6. The molecule has 0 amide bonds. The molecular formula is C13H16F2O. The van der Waals surface area contributed by atoms with Gasteiger partial charge in [0.25, 0.3) is 0 Å². The number of halogens is 2. The Morgan fingerprint density at radius 1 is 1.19 bits per heavy atom. The van der Waals surface area contributed by atoms with Crippen molar-refractivity contribution in [3.8, 4) is 0 Å². The molecule has 3 heteroatoms. The number of hydrogen-bond acceptors (Lipinski definition) is 1. The first-order valence-corrected chi connectivity index (χ1v) is 5.31. The predicted molar refractivity (Wildman–Crippen MR) is 59.8 cm³/mol. The van der Waals surface area contributed by atoms with Crippen LogP contribution in [0.3, 0.4) is 0 Å². The molecule has 1 nitrogen and oxygen atoms in total. The Kier molecular flexibility index (Phi) is 4.59. The van der Waals surface area contributed by atoms with Crippen LogP contribution in [0.4, 0.5) is 8.78 Å². The monoisotopic (exact) mass is 226 g/mol. The number of carbonyl (C=O) groups excluding carboxylic acids is 1. The largest absolute Gasteiger partial charge is 0.299 e. The number of Topliss-reactive ketones (excluding diaryl/α,β-unsaturated/α-hetero) is 1. The zero-order valence-corrected chi connectivity index (χ0v) is 9.38. The molecule has 1 aromatic carbocycles. The van der Waals surface area contributed by atoms with Gasteiger partial charge in [-0.25, -0.2) is 8.78 Å². The van der Waals surface area contributed by atoms with Gasteiger partial charge in [0.2, 0.25) is 0 Å². The molecule has 88 valence electrons. The number of alkyl halides is 2. The maximum atomic E-state index is 12.6. The van der Waals surface area contributed by atoms with E-state index in [9.17, 15) is 13.6 Å². The summed E-state index contributed by atoms with van der Waals surface area (Å²) in [6.07, 6.45) is 0.726. The highest BCUT2D eigenvalue weighted by molar-refractivity contribution is 5.84. The third-order valence-electron chi connectivity index (χ3n) is 2.75. The van der Waals surface area contributed by atoms with Gasteiger partial charge in [-0.2, -0.15) is 0 Å². The molecule has 0 fully saturated rings. The summed E-state index contributed by atoms with van der Waals surface area (Å²) in [5.41, 5.74) is -0.440. The molecule has 0 unspecified atom stereocenters. The van der Waals surface area contributed by atoms with Crippen LogP contribution in [0.15, 0.2) is 30.3 Å². The summed E-state index contributed by atoms with van der Waals surface area (Å²) in [5.74, 6) is -0.346. The van der Waals surface area contributed by atoms with Crippen LogP contribution >= 0.6 is 0 Å². The third kappa shape index (κ3) is 3.12. The molecule has 0 spiro atoms. The van der Waals surface area contributed by atoms with Gasteiger partial charge < -0.3 is 0 Å². The van der Waals surface area contributed by atoms with Gasteiger partial charge in [0.15, 0.2) is 0 Å². The van der Waals surface area contributed by atoms with E-state index in [2.05, 4.69) is 0 Å². The fraction of sp³-hybridized carbons (Fsp3) is 0.462. The Balaban J connectivity index is 2.53. The lowest BCUT2D eigenvalue weighted by molar-refractivity contribution is -0.129. The molecule has 0 bridgehead atoms. The normalized spacial score (nSPS) is 11.4. The Bertz CT molecular complexity index is 331. The second-order valence-electron chi connectivity index (χ2n) is 4.24. The quantitative estimate of drug-likeness (QED) is 0.728. The van der Waals surface area contributed by atoms with Crippen molar-refractivity contribution >= 4 is 5.78 Å². The minimum Gasteiger partial charge on any atom is -0.299 e. The minimum atomic E-state index is -1.45. The van der Waals surface area contributed by atoms with Crippen molar-refractivity contribution in [2.24, 2.45) is 5.41 Å². The number of benzene rings is 1. The first kappa shape index (κ1) is 12.8. The van der Waals surface area contributed by atoms with Gasteiger partial charge in [0, 0.05) is 6.42 Å². The lowest BCUT2D eigenvalue weighted by atomic mass is 9.85. The standard InChI is InChI=1S/C13H16F2O/c1-13(9-14,10-15)12(16)8-7-11-5-3-2-4-6-11/h2-6H,7-10H2,1H3. The Labute approximate surface area is 94.5 Å². The summed E-state index contributed by atoms with van der Waals surface area (Å²) in [5, 5.41) is 0. The van der Waals surface area contributed by atoms with Crippen LogP contribution in [0, 0.1) is 5.41 Å². The fourth-order valence-electron chi connectivity index (χ4n) is 1.39. The van der Waals surface area contributed by atoms with Gasteiger partial charge in [-0.05, 0) is 18.9 Å². The third-order valence-corrected chi connectivity index (χ3v) is 2.75. The molecule has 0 aliphatic rings. The minimum absolute atomic E-state index is 0.189. The summed E-state index contributed by atoms with van der Waals surface area (Å²) in [6, 6.07) is 9.44. The van der Waals surface area contributed by atoms with Crippen molar-refractivity contribution in [1.82, 2.24) is 0 Å². The Morgan fingerprint density at radius 3 is 2.25 bits per heavy atom. The van der Waals surface area contributed by atoms with E-state index in [0.29, 0.717) is 6.42 Å². The summed E-state index contributed by atoms with van der Waals surface area (Å²) in [6.45, 7) is -0.533. The van der Waals surface area contributed by atoms with Gasteiger partial charge in [0.1, 0.15) is 19.1 Å². The van der Waals surface area contributed by atoms with E-state index in [1.54, 1.807) is 0 Å². The van der Waals surface area contributed by atoms with Crippen molar-refractivity contribution in [3.05, 3.63) is 35.9 Å². The second kappa shape index (κ2) is 5.73. The molecule has 0 radical (unpaired) electrons. The highest BCUT2D eigenvalue weighted by Gasteiger charge is 2.32. The van der Waals surface area contributed by atoms with Gasteiger partial charge in [-0.3, -0.25) is 4.79 Å². The van der Waals surface area contributed by atoms with Gasteiger partial charge in [0.05, 0.1) is 5.41 Å². The summed E-state index contributed by atoms with van der Waals surface area (Å²) in [4.78, 5) is 11.6. The zero-order chi connectivity index (χ0) is 12.0. The van der Waals surface area contributed by atoms with E-state index < -0.39 is 18.8 Å². The van der Waals surface area contributed by atoms with Crippen LogP contribution in [-0.2, 0) is 11.2 Å². The Morgan fingerprint density at radius 2 is 1.75 bits per heavy atom. The van der Waals surface area contributed by atoms with Crippen molar-refractivity contribution in [2.75, 3.05) is 13.3 Å². The average Bonchev–Trinajstić information content (AvgIpc) is 2.36. The highest BCUT2D eigenvalue weighted by atomic mass is 19.1. The van der Waals surface area contributed by atoms with E-state index in [1.165, 1.54) is 6.92 Å². The summed E-state index contributed by atoms with van der Waals surface area (Å²) >= 11 is 0. The van der Waals surface area contributed by atoms with Crippen LogP contribution in [0.1, 0.15) is 18.9 Å². The first-order valence-electron chi connectivity index (χ1n) is 5.31. The van der Waals surface area contributed by atoms with Crippen molar-refractivity contribution in [2.45, 2.75) is 19.8 Å². The van der Waals surface area contributed by atoms with Crippen LogP contribution in [0.2, 0.25) is 0 Å². The summed E-state index contributed by atoms with van der Waals surface area (Å²) < 4.78 is 25.1. The van der Waals surface area contributed by atoms with Crippen LogP contribution in [0.5, 0.6) is 0 Å². The van der Waals surface area contributed by atoms with Gasteiger partial charge in [-0.1, -0.05) is 30.3 Å². The molecule has 0 heterocycles. The topological polar surface area (TPSA) is 17.1 Å². The van der Waals surface area contributed by atoms with Crippen molar-refractivity contribution in [1.29, 1.82) is 0 Å². The molecular weight excluding hydrogens is 210 g/mol. The lowest BCUT2D eigenvalue weighted by Crippen LogP contribution is -2.32. The van der Waals surface area contributed by atoms with E-state index in [-0.39, 0.29) is 12.2 Å². The SMILES string of the molecule is CC(CF)(CF)C(=O)CCc1ccccc1. The Hall–Kier alpha value is -1.25.